The van der Waals surface area contributed by atoms with E-state index >= 15 is 0 Å². The van der Waals surface area contributed by atoms with E-state index < -0.39 is 0 Å². The van der Waals surface area contributed by atoms with Crippen molar-refractivity contribution >= 4 is 22.6 Å². The van der Waals surface area contributed by atoms with E-state index in [0.717, 1.165) is 22.1 Å². The minimum Gasteiger partial charge on any atom is -0.423 e. The summed E-state index contributed by atoms with van der Waals surface area (Å²) >= 11 is 6.16. The van der Waals surface area contributed by atoms with Gasteiger partial charge in [0.1, 0.15) is 5.58 Å². The third kappa shape index (κ3) is 1.62. The van der Waals surface area contributed by atoms with Crippen LogP contribution < -0.4 is 11.4 Å². The monoisotopic (exact) mass is 237 g/mol. The fourth-order valence-electron chi connectivity index (χ4n) is 1.92. The van der Waals surface area contributed by atoms with Crippen molar-refractivity contribution in [2.75, 3.05) is 0 Å². The molecule has 2 aromatic rings. The molecule has 0 bridgehead atoms. The van der Waals surface area contributed by atoms with E-state index in [-0.39, 0.29) is 5.63 Å². The second-order valence-electron chi connectivity index (χ2n) is 3.80. The van der Waals surface area contributed by atoms with Gasteiger partial charge in [-0.15, -0.1) is 0 Å². The quantitative estimate of drug-likeness (QED) is 0.776. The molecule has 1 heterocycles. The van der Waals surface area contributed by atoms with Crippen LogP contribution in [0, 0.1) is 13.8 Å². The second-order valence-corrected chi connectivity index (χ2v) is 4.18. The summed E-state index contributed by atoms with van der Waals surface area (Å²) in [6.07, 6.45) is 0. The van der Waals surface area contributed by atoms with E-state index in [1.54, 1.807) is 6.07 Å². The van der Waals surface area contributed by atoms with Crippen LogP contribution in [0.5, 0.6) is 0 Å². The summed E-state index contributed by atoms with van der Waals surface area (Å²) in [5, 5.41) is 1.54. The third-order valence-electron chi connectivity index (χ3n) is 2.69. The van der Waals surface area contributed by atoms with Gasteiger partial charge >= 0.3 is 5.63 Å². The van der Waals surface area contributed by atoms with E-state index in [9.17, 15) is 4.79 Å². The summed E-state index contributed by atoms with van der Waals surface area (Å²) in [6, 6.07) is 3.19. The number of aryl methyl sites for hydroxylation is 2. The van der Waals surface area contributed by atoms with Gasteiger partial charge in [0.05, 0.1) is 0 Å². The maximum atomic E-state index is 11.3. The van der Waals surface area contributed by atoms with E-state index in [0.29, 0.717) is 17.2 Å². The predicted octanol–water partition coefficient (Wildman–Crippen LogP) is 2.52. The number of hydrogen-bond acceptors (Lipinski definition) is 3. The molecule has 0 aliphatic carbocycles. The average Bonchev–Trinajstić information content (AvgIpc) is 2.24. The molecule has 1 aromatic heterocycles. The molecule has 4 heteroatoms. The molecule has 0 atom stereocenters. The van der Waals surface area contributed by atoms with Crippen LogP contribution in [-0.2, 0) is 6.54 Å². The average molecular weight is 238 g/mol. The topological polar surface area (TPSA) is 56.2 Å². The van der Waals surface area contributed by atoms with Gasteiger partial charge in [0.25, 0.3) is 0 Å². The molecule has 0 radical (unpaired) electrons. The highest BCUT2D eigenvalue weighted by molar-refractivity contribution is 6.33. The van der Waals surface area contributed by atoms with Crippen LogP contribution in [0.1, 0.15) is 16.7 Å². The molecule has 0 fully saturated rings. The van der Waals surface area contributed by atoms with E-state index in [2.05, 4.69) is 0 Å². The molecule has 1 aromatic carbocycles. The fourth-order valence-corrected chi connectivity index (χ4v) is 2.06. The van der Waals surface area contributed by atoms with Gasteiger partial charge in [-0.3, -0.25) is 0 Å². The van der Waals surface area contributed by atoms with Crippen LogP contribution in [0.25, 0.3) is 11.0 Å². The van der Waals surface area contributed by atoms with Crippen molar-refractivity contribution < 1.29 is 4.42 Å². The molecule has 0 aliphatic rings. The Morgan fingerprint density at radius 1 is 1.38 bits per heavy atom. The van der Waals surface area contributed by atoms with Crippen molar-refractivity contribution in [2.45, 2.75) is 20.4 Å². The number of halogens is 1. The van der Waals surface area contributed by atoms with Gasteiger partial charge in [-0.2, -0.15) is 0 Å². The summed E-state index contributed by atoms with van der Waals surface area (Å²) in [6.45, 7) is 4.07. The first-order chi connectivity index (χ1) is 7.54. The Morgan fingerprint density at radius 2 is 2.06 bits per heavy atom. The molecule has 0 saturated heterocycles. The van der Waals surface area contributed by atoms with Gasteiger partial charge in [0.15, 0.2) is 0 Å². The molecule has 2 rings (SSSR count). The zero-order valence-corrected chi connectivity index (χ0v) is 9.89. The Hall–Kier alpha value is -1.32. The molecule has 0 spiro atoms. The van der Waals surface area contributed by atoms with Gasteiger partial charge in [-0.25, -0.2) is 4.79 Å². The first-order valence-electron chi connectivity index (χ1n) is 4.97. The Labute approximate surface area is 97.8 Å². The standard InChI is InChI=1S/C12H12ClNO2/c1-6-3-9-11(7(2)12(6)13)8(5-14)4-10(15)16-9/h3-4H,5,14H2,1-2H3. The molecule has 0 aliphatic heterocycles. The highest BCUT2D eigenvalue weighted by atomic mass is 35.5. The lowest BCUT2D eigenvalue weighted by atomic mass is 10.0. The number of rotatable bonds is 1. The summed E-state index contributed by atoms with van der Waals surface area (Å²) < 4.78 is 5.15. The van der Waals surface area contributed by atoms with Crippen LogP contribution >= 0.6 is 11.6 Å². The first-order valence-corrected chi connectivity index (χ1v) is 5.35. The minimum absolute atomic E-state index is 0.294. The minimum atomic E-state index is -0.380. The molecular formula is C12H12ClNO2. The van der Waals surface area contributed by atoms with Crippen molar-refractivity contribution in [1.82, 2.24) is 0 Å². The number of hydrogen-bond donors (Lipinski definition) is 1. The number of benzene rings is 1. The Balaban J connectivity index is 3.01. The van der Waals surface area contributed by atoms with Crippen LogP contribution in [0.3, 0.4) is 0 Å². The van der Waals surface area contributed by atoms with E-state index in [4.69, 9.17) is 21.8 Å². The highest BCUT2D eigenvalue weighted by Gasteiger charge is 2.11. The van der Waals surface area contributed by atoms with Gasteiger partial charge in [-0.05, 0) is 36.6 Å². The van der Waals surface area contributed by atoms with E-state index in [1.807, 2.05) is 13.8 Å². The molecule has 3 nitrogen and oxygen atoms in total. The SMILES string of the molecule is Cc1cc2oc(=O)cc(CN)c2c(C)c1Cl. The summed E-state index contributed by atoms with van der Waals surface area (Å²) in [7, 11) is 0. The lowest BCUT2D eigenvalue weighted by Crippen LogP contribution is -2.06. The summed E-state index contributed by atoms with van der Waals surface area (Å²) in [4.78, 5) is 11.3. The number of nitrogens with two attached hydrogens (primary N) is 1. The van der Waals surface area contributed by atoms with Gasteiger partial charge in [0.2, 0.25) is 0 Å². The summed E-state index contributed by atoms with van der Waals surface area (Å²) in [5.74, 6) is 0. The lowest BCUT2D eigenvalue weighted by molar-refractivity contribution is 0.558. The van der Waals surface area contributed by atoms with Crippen LogP contribution in [0.2, 0.25) is 5.02 Å². The summed E-state index contributed by atoms with van der Waals surface area (Å²) in [5.41, 5.74) is 8.35. The van der Waals surface area contributed by atoms with Gasteiger partial charge in [0, 0.05) is 23.0 Å². The Kier molecular flexibility index (Phi) is 2.74. The van der Waals surface area contributed by atoms with Gasteiger partial charge < -0.3 is 10.2 Å². The van der Waals surface area contributed by atoms with Crippen LogP contribution in [-0.4, -0.2) is 0 Å². The molecule has 2 N–H and O–H groups in total. The zero-order chi connectivity index (χ0) is 11.9. The largest absolute Gasteiger partial charge is 0.423 e. The van der Waals surface area contributed by atoms with Crippen molar-refractivity contribution in [2.24, 2.45) is 5.73 Å². The first kappa shape index (κ1) is 11.2. The molecule has 16 heavy (non-hydrogen) atoms. The molecule has 0 unspecified atom stereocenters. The number of fused-ring (bicyclic) bond motifs is 1. The maximum Gasteiger partial charge on any atom is 0.336 e. The maximum absolute atomic E-state index is 11.3. The zero-order valence-electron chi connectivity index (χ0n) is 9.13. The smallest absolute Gasteiger partial charge is 0.336 e. The Bertz CT molecular complexity index is 616. The van der Waals surface area contributed by atoms with Crippen LogP contribution in [0.15, 0.2) is 21.3 Å². The third-order valence-corrected chi connectivity index (χ3v) is 3.27. The molecule has 0 saturated carbocycles. The van der Waals surface area contributed by atoms with Crippen molar-refractivity contribution in [3.63, 3.8) is 0 Å². The highest BCUT2D eigenvalue weighted by Crippen LogP contribution is 2.30. The van der Waals surface area contributed by atoms with Crippen molar-refractivity contribution in [3.8, 4) is 0 Å². The molecule has 0 amide bonds. The van der Waals surface area contributed by atoms with E-state index in [1.165, 1.54) is 6.07 Å². The Morgan fingerprint density at radius 3 is 2.69 bits per heavy atom. The molecular weight excluding hydrogens is 226 g/mol. The molecule has 84 valence electrons. The predicted molar refractivity (Wildman–Crippen MR) is 64.9 cm³/mol. The fraction of sp³-hybridized carbons (Fsp3) is 0.250. The van der Waals surface area contributed by atoms with Gasteiger partial charge in [-0.1, -0.05) is 11.6 Å². The lowest BCUT2D eigenvalue weighted by Gasteiger charge is -2.09. The second kappa shape index (κ2) is 3.92. The normalized spacial score (nSPS) is 11.0. The van der Waals surface area contributed by atoms with Crippen molar-refractivity contribution in [1.29, 1.82) is 0 Å². The van der Waals surface area contributed by atoms with Crippen LogP contribution in [0.4, 0.5) is 0 Å². The van der Waals surface area contributed by atoms with Crippen molar-refractivity contribution in [3.05, 3.63) is 44.3 Å².